The van der Waals surface area contributed by atoms with E-state index in [0.29, 0.717) is 32.1 Å². The summed E-state index contributed by atoms with van der Waals surface area (Å²) in [7, 11) is 0. The third kappa shape index (κ3) is 6.85. The molecule has 0 radical (unpaired) electrons. The molecule has 3 N–H and O–H groups in total. The Hall–Kier alpha value is -2.53. The average molecular weight is 342 g/mol. The van der Waals surface area contributed by atoms with Crippen molar-refractivity contribution in [2.24, 2.45) is 11.7 Å². The molecular weight excluding hydrogens is 316 g/mol. The minimum atomic E-state index is -0.0634. The predicted molar refractivity (Wildman–Crippen MR) is 100 cm³/mol. The van der Waals surface area contributed by atoms with Gasteiger partial charge in [-0.25, -0.2) is 0 Å². The van der Waals surface area contributed by atoms with E-state index in [2.05, 4.69) is 19.2 Å². The van der Waals surface area contributed by atoms with Crippen molar-refractivity contribution >= 4 is 11.6 Å². The first-order valence-corrected chi connectivity index (χ1v) is 8.51. The Bertz CT molecular complexity index is 652. The van der Waals surface area contributed by atoms with Crippen LogP contribution in [0.3, 0.4) is 0 Å². The molecule has 5 nitrogen and oxygen atoms in total. The van der Waals surface area contributed by atoms with Crippen LogP contribution in [-0.4, -0.2) is 25.7 Å². The molecule has 5 heteroatoms. The van der Waals surface area contributed by atoms with Gasteiger partial charge in [-0.2, -0.15) is 0 Å². The summed E-state index contributed by atoms with van der Waals surface area (Å²) >= 11 is 0. The highest BCUT2D eigenvalue weighted by Gasteiger charge is 2.05. The van der Waals surface area contributed by atoms with E-state index in [9.17, 15) is 4.79 Å². The van der Waals surface area contributed by atoms with Crippen LogP contribution < -0.4 is 20.5 Å². The number of benzene rings is 2. The molecule has 0 aliphatic rings. The van der Waals surface area contributed by atoms with Crippen molar-refractivity contribution in [3.8, 4) is 11.5 Å². The van der Waals surface area contributed by atoms with E-state index in [1.165, 1.54) is 0 Å². The first kappa shape index (κ1) is 18.8. The normalized spacial score (nSPS) is 10.6. The van der Waals surface area contributed by atoms with Crippen molar-refractivity contribution in [1.29, 1.82) is 0 Å². The van der Waals surface area contributed by atoms with Crippen molar-refractivity contribution in [2.75, 3.05) is 25.1 Å². The molecule has 0 aliphatic heterocycles. The smallest absolute Gasteiger partial charge is 0.228 e. The maximum Gasteiger partial charge on any atom is 0.228 e. The van der Waals surface area contributed by atoms with Crippen LogP contribution in [0.2, 0.25) is 0 Å². The Labute approximate surface area is 149 Å². The second kappa shape index (κ2) is 9.69. The molecule has 0 heterocycles. The number of anilines is 1. The average Bonchev–Trinajstić information content (AvgIpc) is 2.60. The Morgan fingerprint density at radius 3 is 2.20 bits per heavy atom. The first-order chi connectivity index (χ1) is 12.1. The van der Waals surface area contributed by atoms with E-state index in [4.69, 9.17) is 15.2 Å². The Kier molecular flexibility index (Phi) is 7.29. The van der Waals surface area contributed by atoms with Crippen LogP contribution in [0.5, 0.6) is 11.5 Å². The van der Waals surface area contributed by atoms with Gasteiger partial charge < -0.3 is 20.5 Å². The third-order valence-electron chi connectivity index (χ3n) is 3.40. The molecule has 0 bridgehead atoms. The predicted octanol–water partition coefficient (Wildman–Crippen LogP) is 3.24. The topological polar surface area (TPSA) is 73.6 Å². The highest BCUT2D eigenvalue weighted by atomic mass is 16.5. The molecule has 0 unspecified atom stereocenters. The molecule has 2 aromatic carbocycles. The van der Waals surface area contributed by atoms with Crippen molar-refractivity contribution in [2.45, 2.75) is 20.3 Å². The summed E-state index contributed by atoms with van der Waals surface area (Å²) < 4.78 is 11.0. The zero-order chi connectivity index (χ0) is 18.1. The standard InChI is InChI=1S/C20H26N2O3/c1-15(2)14-25-19-7-3-16(4-8-19)13-20(23)22-17-5-9-18(10-6-17)24-12-11-21/h3-10,15H,11-14,21H2,1-2H3,(H,22,23). The van der Waals surface area contributed by atoms with E-state index >= 15 is 0 Å². The summed E-state index contributed by atoms with van der Waals surface area (Å²) in [5.74, 6) is 1.98. The number of nitrogens with one attached hydrogen (secondary N) is 1. The van der Waals surface area contributed by atoms with Crippen LogP contribution in [0.25, 0.3) is 0 Å². The molecule has 0 atom stereocenters. The van der Waals surface area contributed by atoms with E-state index < -0.39 is 0 Å². The highest BCUT2D eigenvalue weighted by Crippen LogP contribution is 2.17. The van der Waals surface area contributed by atoms with Gasteiger partial charge in [-0.05, 0) is 47.9 Å². The van der Waals surface area contributed by atoms with E-state index in [1.54, 1.807) is 0 Å². The van der Waals surface area contributed by atoms with Gasteiger partial charge in [0.1, 0.15) is 18.1 Å². The van der Waals surface area contributed by atoms with E-state index in [-0.39, 0.29) is 5.91 Å². The lowest BCUT2D eigenvalue weighted by Gasteiger charge is -2.10. The maximum atomic E-state index is 12.1. The van der Waals surface area contributed by atoms with Crippen LogP contribution >= 0.6 is 0 Å². The molecule has 2 rings (SSSR count). The van der Waals surface area contributed by atoms with Gasteiger partial charge >= 0.3 is 0 Å². The molecule has 0 aliphatic carbocycles. The van der Waals surface area contributed by atoms with Crippen LogP contribution in [0.1, 0.15) is 19.4 Å². The summed E-state index contributed by atoms with van der Waals surface area (Å²) in [4.78, 5) is 12.1. The molecule has 1 amide bonds. The SMILES string of the molecule is CC(C)COc1ccc(CC(=O)Nc2ccc(OCCN)cc2)cc1. The van der Waals surface area contributed by atoms with Crippen molar-refractivity contribution in [3.05, 3.63) is 54.1 Å². The van der Waals surface area contributed by atoms with Gasteiger partial charge in [0.25, 0.3) is 0 Å². The van der Waals surface area contributed by atoms with Crippen molar-refractivity contribution in [3.63, 3.8) is 0 Å². The largest absolute Gasteiger partial charge is 0.493 e. The summed E-state index contributed by atoms with van der Waals surface area (Å²) in [5, 5.41) is 2.88. The molecule has 134 valence electrons. The second-order valence-corrected chi connectivity index (χ2v) is 6.24. The number of amides is 1. The summed E-state index contributed by atoms with van der Waals surface area (Å²) in [5.41, 5.74) is 7.07. The maximum absolute atomic E-state index is 12.1. The van der Waals surface area contributed by atoms with E-state index in [1.807, 2.05) is 48.5 Å². The molecular formula is C20H26N2O3. The molecule has 0 aromatic heterocycles. The molecule has 0 spiro atoms. The van der Waals surface area contributed by atoms with Crippen LogP contribution in [0, 0.1) is 5.92 Å². The minimum Gasteiger partial charge on any atom is -0.493 e. The highest BCUT2D eigenvalue weighted by molar-refractivity contribution is 5.92. The minimum absolute atomic E-state index is 0.0634. The fourth-order valence-corrected chi connectivity index (χ4v) is 2.17. The number of carbonyl (C=O) groups excluding carboxylic acids is 1. The lowest BCUT2D eigenvalue weighted by atomic mass is 10.1. The van der Waals surface area contributed by atoms with Crippen molar-refractivity contribution < 1.29 is 14.3 Å². The molecule has 2 aromatic rings. The van der Waals surface area contributed by atoms with Crippen molar-refractivity contribution in [1.82, 2.24) is 0 Å². The lowest BCUT2D eigenvalue weighted by Crippen LogP contribution is -2.14. The van der Waals surface area contributed by atoms with Gasteiger partial charge in [0.05, 0.1) is 13.0 Å². The van der Waals surface area contributed by atoms with Gasteiger partial charge in [0.2, 0.25) is 5.91 Å². The fourth-order valence-electron chi connectivity index (χ4n) is 2.17. The number of hydrogen-bond donors (Lipinski definition) is 2. The van der Waals surface area contributed by atoms with Gasteiger partial charge in [-0.3, -0.25) is 4.79 Å². The van der Waals surface area contributed by atoms with Gasteiger partial charge in [-0.15, -0.1) is 0 Å². The Morgan fingerprint density at radius 2 is 1.60 bits per heavy atom. The van der Waals surface area contributed by atoms with Gasteiger partial charge in [0.15, 0.2) is 0 Å². The lowest BCUT2D eigenvalue weighted by molar-refractivity contribution is -0.115. The molecule has 0 saturated carbocycles. The second-order valence-electron chi connectivity index (χ2n) is 6.24. The monoisotopic (exact) mass is 342 g/mol. The first-order valence-electron chi connectivity index (χ1n) is 8.51. The van der Waals surface area contributed by atoms with E-state index in [0.717, 1.165) is 22.7 Å². The number of nitrogens with two attached hydrogens (primary N) is 1. The summed E-state index contributed by atoms with van der Waals surface area (Å²) in [6.45, 7) is 5.85. The van der Waals surface area contributed by atoms with Crippen LogP contribution in [-0.2, 0) is 11.2 Å². The zero-order valence-electron chi connectivity index (χ0n) is 14.8. The number of hydrogen-bond acceptors (Lipinski definition) is 4. The Balaban J connectivity index is 1.83. The Morgan fingerprint density at radius 1 is 1.00 bits per heavy atom. The van der Waals surface area contributed by atoms with Crippen LogP contribution in [0.4, 0.5) is 5.69 Å². The summed E-state index contributed by atoms with van der Waals surface area (Å²) in [6.07, 6.45) is 0.315. The fraction of sp³-hybridized carbons (Fsp3) is 0.350. The number of carbonyl (C=O) groups is 1. The number of ether oxygens (including phenoxy) is 2. The molecule has 0 saturated heterocycles. The zero-order valence-corrected chi connectivity index (χ0v) is 14.8. The molecule has 25 heavy (non-hydrogen) atoms. The quantitative estimate of drug-likeness (QED) is 0.734. The van der Waals surface area contributed by atoms with Crippen LogP contribution in [0.15, 0.2) is 48.5 Å². The van der Waals surface area contributed by atoms with Gasteiger partial charge in [0, 0.05) is 12.2 Å². The molecule has 0 fully saturated rings. The van der Waals surface area contributed by atoms with Gasteiger partial charge in [-0.1, -0.05) is 26.0 Å². The third-order valence-corrected chi connectivity index (χ3v) is 3.40. The summed E-state index contributed by atoms with van der Waals surface area (Å²) in [6, 6.07) is 14.9. The number of rotatable bonds is 9.